The number of aryl methyl sites for hydroxylation is 1. The highest BCUT2D eigenvalue weighted by molar-refractivity contribution is 5.99. The number of rotatable bonds is 5. The predicted molar refractivity (Wildman–Crippen MR) is 99.7 cm³/mol. The second-order valence-corrected chi connectivity index (χ2v) is 6.01. The number of carbonyl (C=O) groups is 1. The third kappa shape index (κ3) is 4.55. The van der Waals surface area contributed by atoms with Crippen LogP contribution in [0, 0.1) is 6.92 Å². The molecule has 0 saturated carbocycles. The summed E-state index contributed by atoms with van der Waals surface area (Å²) in [7, 11) is 0. The number of aliphatic hydroxyl groups is 1. The lowest BCUT2D eigenvalue weighted by molar-refractivity contribution is 0.172. The van der Waals surface area contributed by atoms with Crippen molar-refractivity contribution in [2.45, 2.75) is 19.4 Å². The lowest BCUT2D eigenvalue weighted by atomic mass is 10.1. The van der Waals surface area contributed by atoms with Gasteiger partial charge in [-0.05, 0) is 24.6 Å². The maximum atomic E-state index is 12.1. The smallest absolute Gasteiger partial charge is 0.319 e. The molecule has 1 atom stereocenters. The maximum Gasteiger partial charge on any atom is 0.319 e. The number of aliphatic hydroxyl groups excluding tert-OH is 1. The third-order valence-electron chi connectivity index (χ3n) is 3.92. The number of aromatic nitrogens is 1. The van der Waals surface area contributed by atoms with Crippen molar-refractivity contribution in [3.8, 4) is 0 Å². The number of amides is 2. The highest BCUT2D eigenvalue weighted by Gasteiger charge is 2.10. The number of anilines is 1. The van der Waals surface area contributed by atoms with Crippen LogP contribution in [-0.4, -0.2) is 28.8 Å². The molecule has 0 fully saturated rings. The SMILES string of the molecule is Cc1ccc2cccc(NC(=O)NCC(O)Cc3ccccc3)c2n1. The van der Waals surface area contributed by atoms with Crippen LogP contribution in [0.1, 0.15) is 11.3 Å². The van der Waals surface area contributed by atoms with Crippen molar-refractivity contribution in [1.29, 1.82) is 0 Å². The van der Waals surface area contributed by atoms with Gasteiger partial charge in [0, 0.05) is 24.0 Å². The minimum Gasteiger partial charge on any atom is -0.391 e. The summed E-state index contributed by atoms with van der Waals surface area (Å²) in [6, 6.07) is 18.9. The van der Waals surface area contributed by atoms with Gasteiger partial charge in [-0.3, -0.25) is 4.98 Å². The Balaban J connectivity index is 1.59. The van der Waals surface area contributed by atoms with E-state index in [1.54, 1.807) is 0 Å². The van der Waals surface area contributed by atoms with E-state index >= 15 is 0 Å². The van der Waals surface area contributed by atoms with Crippen LogP contribution >= 0.6 is 0 Å². The zero-order valence-electron chi connectivity index (χ0n) is 14.1. The zero-order chi connectivity index (χ0) is 17.6. The maximum absolute atomic E-state index is 12.1. The van der Waals surface area contributed by atoms with Crippen molar-refractivity contribution in [2.24, 2.45) is 0 Å². The first kappa shape index (κ1) is 16.9. The number of urea groups is 1. The van der Waals surface area contributed by atoms with Crippen LogP contribution in [0.4, 0.5) is 10.5 Å². The zero-order valence-corrected chi connectivity index (χ0v) is 14.1. The Morgan fingerprint density at radius 2 is 1.88 bits per heavy atom. The summed E-state index contributed by atoms with van der Waals surface area (Å²) in [5.74, 6) is 0. The minimum atomic E-state index is -0.638. The fourth-order valence-electron chi connectivity index (χ4n) is 2.68. The molecule has 5 heteroatoms. The lowest BCUT2D eigenvalue weighted by Gasteiger charge is -2.13. The van der Waals surface area contributed by atoms with Crippen LogP contribution in [0.15, 0.2) is 60.7 Å². The average molecular weight is 335 g/mol. The van der Waals surface area contributed by atoms with Gasteiger partial charge in [-0.1, -0.05) is 48.5 Å². The molecule has 2 aromatic carbocycles. The number of nitrogens with one attached hydrogen (secondary N) is 2. The van der Waals surface area contributed by atoms with Gasteiger partial charge < -0.3 is 15.7 Å². The molecule has 0 spiro atoms. The van der Waals surface area contributed by atoms with Crippen molar-refractivity contribution in [3.63, 3.8) is 0 Å². The highest BCUT2D eigenvalue weighted by atomic mass is 16.3. The molecule has 0 aliphatic rings. The van der Waals surface area contributed by atoms with Gasteiger partial charge in [0.15, 0.2) is 0 Å². The lowest BCUT2D eigenvalue weighted by Crippen LogP contribution is -2.36. The first-order valence-electron chi connectivity index (χ1n) is 8.25. The van der Waals surface area contributed by atoms with E-state index in [2.05, 4.69) is 15.6 Å². The van der Waals surface area contributed by atoms with E-state index in [1.807, 2.05) is 67.6 Å². The number of carbonyl (C=O) groups excluding carboxylic acids is 1. The summed E-state index contributed by atoms with van der Waals surface area (Å²) in [5, 5.41) is 16.5. The summed E-state index contributed by atoms with van der Waals surface area (Å²) in [6.07, 6.45) is -0.142. The second-order valence-electron chi connectivity index (χ2n) is 6.01. The fraction of sp³-hybridized carbons (Fsp3) is 0.200. The topological polar surface area (TPSA) is 74.2 Å². The van der Waals surface area contributed by atoms with Crippen LogP contribution in [0.25, 0.3) is 10.9 Å². The normalized spacial score (nSPS) is 11.9. The molecule has 2 amide bonds. The van der Waals surface area contributed by atoms with E-state index in [4.69, 9.17) is 0 Å². The molecule has 0 aliphatic carbocycles. The summed E-state index contributed by atoms with van der Waals surface area (Å²) in [4.78, 5) is 16.6. The first-order valence-corrected chi connectivity index (χ1v) is 8.25. The molecule has 1 aromatic heterocycles. The molecule has 3 N–H and O–H groups in total. The van der Waals surface area contributed by atoms with E-state index in [-0.39, 0.29) is 12.6 Å². The Morgan fingerprint density at radius 1 is 1.08 bits per heavy atom. The predicted octanol–water partition coefficient (Wildman–Crippen LogP) is 3.27. The van der Waals surface area contributed by atoms with Gasteiger partial charge in [-0.2, -0.15) is 0 Å². The van der Waals surface area contributed by atoms with Gasteiger partial charge in [-0.25, -0.2) is 4.79 Å². The van der Waals surface area contributed by atoms with Crippen LogP contribution in [0.3, 0.4) is 0 Å². The van der Waals surface area contributed by atoms with Crippen LogP contribution in [-0.2, 0) is 6.42 Å². The molecule has 0 bridgehead atoms. The minimum absolute atomic E-state index is 0.179. The summed E-state index contributed by atoms with van der Waals surface area (Å²) in [6.45, 7) is 2.09. The van der Waals surface area contributed by atoms with Gasteiger partial charge in [0.2, 0.25) is 0 Å². The second kappa shape index (κ2) is 7.77. The Kier molecular flexibility index (Phi) is 5.26. The Labute approximate surface area is 146 Å². The number of hydrogen-bond acceptors (Lipinski definition) is 3. The molecule has 5 nitrogen and oxygen atoms in total. The monoisotopic (exact) mass is 335 g/mol. The molecule has 1 heterocycles. The van der Waals surface area contributed by atoms with Crippen molar-refractivity contribution in [2.75, 3.05) is 11.9 Å². The Hall–Kier alpha value is -2.92. The van der Waals surface area contributed by atoms with Crippen LogP contribution in [0.5, 0.6) is 0 Å². The van der Waals surface area contributed by atoms with E-state index in [1.165, 1.54) is 0 Å². The van der Waals surface area contributed by atoms with Gasteiger partial charge >= 0.3 is 6.03 Å². The number of hydrogen-bond donors (Lipinski definition) is 3. The number of fused-ring (bicyclic) bond motifs is 1. The third-order valence-corrected chi connectivity index (χ3v) is 3.92. The van der Waals surface area contributed by atoms with E-state index in [9.17, 15) is 9.90 Å². The van der Waals surface area contributed by atoms with E-state index in [0.717, 1.165) is 22.2 Å². The quantitative estimate of drug-likeness (QED) is 0.670. The molecule has 0 aliphatic heterocycles. The van der Waals surface area contributed by atoms with Gasteiger partial charge in [0.1, 0.15) is 0 Å². The van der Waals surface area contributed by atoms with Gasteiger partial charge in [0.25, 0.3) is 0 Å². The fourth-order valence-corrected chi connectivity index (χ4v) is 2.68. The molecule has 25 heavy (non-hydrogen) atoms. The van der Waals surface area contributed by atoms with Crippen molar-refractivity contribution < 1.29 is 9.90 Å². The highest BCUT2D eigenvalue weighted by Crippen LogP contribution is 2.21. The molecular formula is C20H21N3O2. The number of pyridine rings is 1. The summed E-state index contributed by atoms with van der Waals surface area (Å²) >= 11 is 0. The van der Waals surface area contributed by atoms with Crippen molar-refractivity contribution in [1.82, 2.24) is 10.3 Å². The first-order chi connectivity index (χ1) is 12.1. The average Bonchev–Trinajstić information content (AvgIpc) is 2.61. The molecule has 1 unspecified atom stereocenters. The molecule has 0 saturated heterocycles. The summed E-state index contributed by atoms with van der Waals surface area (Å²) < 4.78 is 0. The summed E-state index contributed by atoms with van der Waals surface area (Å²) in [5.41, 5.74) is 3.32. The van der Waals surface area contributed by atoms with Crippen molar-refractivity contribution in [3.05, 3.63) is 71.9 Å². The number of nitrogens with zero attached hydrogens (tertiary/aromatic N) is 1. The van der Waals surface area contributed by atoms with E-state index < -0.39 is 6.10 Å². The number of benzene rings is 2. The number of para-hydroxylation sites is 1. The van der Waals surface area contributed by atoms with Crippen molar-refractivity contribution >= 4 is 22.6 Å². The Bertz CT molecular complexity index is 865. The van der Waals surface area contributed by atoms with E-state index in [0.29, 0.717) is 12.1 Å². The standard InChI is InChI=1S/C20H21N3O2/c1-14-10-11-16-8-5-9-18(19(16)22-14)23-20(25)21-13-17(24)12-15-6-3-2-4-7-15/h2-11,17,24H,12-13H2,1H3,(H2,21,23,25). The Morgan fingerprint density at radius 3 is 2.68 bits per heavy atom. The molecular weight excluding hydrogens is 314 g/mol. The molecule has 3 rings (SSSR count). The van der Waals surface area contributed by atoms with Crippen LogP contribution < -0.4 is 10.6 Å². The molecule has 3 aromatic rings. The van der Waals surface area contributed by atoms with Crippen LogP contribution in [0.2, 0.25) is 0 Å². The van der Waals surface area contributed by atoms with Gasteiger partial charge in [0.05, 0.1) is 17.3 Å². The largest absolute Gasteiger partial charge is 0.391 e. The molecule has 128 valence electrons. The van der Waals surface area contributed by atoms with Gasteiger partial charge in [-0.15, -0.1) is 0 Å². The molecule has 0 radical (unpaired) electrons.